The zero-order chi connectivity index (χ0) is 21.0. The van der Waals surface area contributed by atoms with Crippen molar-refractivity contribution in [2.24, 2.45) is 5.92 Å². The van der Waals surface area contributed by atoms with E-state index in [2.05, 4.69) is 0 Å². The van der Waals surface area contributed by atoms with Crippen LogP contribution in [0.4, 0.5) is 0 Å². The van der Waals surface area contributed by atoms with Gasteiger partial charge in [-0.05, 0) is 60.7 Å². The first kappa shape index (κ1) is 20.6. The number of hydrogen-bond acceptors (Lipinski definition) is 5. The van der Waals surface area contributed by atoms with Gasteiger partial charge in [0, 0.05) is 5.92 Å². The summed E-state index contributed by atoms with van der Waals surface area (Å²) >= 11 is 0. The number of benzene rings is 2. The molecule has 0 radical (unpaired) electrons. The highest BCUT2D eigenvalue weighted by Crippen LogP contribution is 2.42. The number of carbonyl (C=O) groups excluding carboxylic acids is 2. The molecule has 3 rings (SSSR count). The van der Waals surface area contributed by atoms with Gasteiger partial charge >= 0.3 is 5.97 Å². The van der Waals surface area contributed by atoms with Gasteiger partial charge in [-0.1, -0.05) is 30.3 Å². The van der Waals surface area contributed by atoms with Crippen LogP contribution < -0.4 is 9.47 Å². The van der Waals surface area contributed by atoms with Gasteiger partial charge in [-0.3, -0.25) is 9.59 Å². The molecule has 0 aliphatic heterocycles. The van der Waals surface area contributed by atoms with Crippen LogP contribution in [0.1, 0.15) is 36.0 Å². The molecule has 1 aliphatic rings. The number of methoxy groups -OCH3 is 2. The molecular formula is C24H26O5. The average molecular weight is 394 g/mol. The van der Waals surface area contributed by atoms with E-state index in [1.807, 2.05) is 49.4 Å². The predicted molar refractivity (Wildman–Crippen MR) is 111 cm³/mol. The molecule has 2 aromatic carbocycles. The minimum absolute atomic E-state index is 0.229. The summed E-state index contributed by atoms with van der Waals surface area (Å²) in [5, 5.41) is 0. The second kappa shape index (κ2) is 8.95. The van der Waals surface area contributed by atoms with Crippen molar-refractivity contribution in [1.29, 1.82) is 0 Å². The minimum Gasteiger partial charge on any atom is -0.493 e. The third-order valence-corrected chi connectivity index (χ3v) is 5.35. The van der Waals surface area contributed by atoms with Crippen LogP contribution >= 0.6 is 0 Å². The molecule has 0 saturated heterocycles. The number of rotatable bonds is 6. The van der Waals surface area contributed by atoms with Crippen LogP contribution in [0.2, 0.25) is 0 Å². The maximum atomic E-state index is 13.0. The fourth-order valence-electron chi connectivity index (χ4n) is 3.92. The number of ketones is 1. The Morgan fingerprint density at radius 3 is 2.45 bits per heavy atom. The van der Waals surface area contributed by atoms with E-state index in [0.717, 1.165) is 22.3 Å². The second-order valence-electron chi connectivity index (χ2n) is 7.04. The van der Waals surface area contributed by atoms with Gasteiger partial charge in [0.1, 0.15) is 5.92 Å². The Morgan fingerprint density at radius 2 is 1.79 bits per heavy atom. The molecule has 0 aromatic heterocycles. The van der Waals surface area contributed by atoms with Crippen LogP contribution in [-0.4, -0.2) is 32.6 Å². The fraction of sp³-hybridized carbons (Fsp3) is 0.333. The molecule has 0 bridgehead atoms. The zero-order valence-corrected chi connectivity index (χ0v) is 17.2. The molecule has 0 heterocycles. The van der Waals surface area contributed by atoms with Crippen LogP contribution in [0.5, 0.6) is 11.5 Å². The Balaban J connectivity index is 2.06. The number of hydrogen-bond donors (Lipinski definition) is 0. The van der Waals surface area contributed by atoms with E-state index >= 15 is 0 Å². The van der Waals surface area contributed by atoms with Crippen LogP contribution in [0.3, 0.4) is 0 Å². The Kier molecular flexibility index (Phi) is 6.37. The van der Waals surface area contributed by atoms with E-state index in [4.69, 9.17) is 14.2 Å². The molecule has 2 aromatic rings. The lowest BCUT2D eigenvalue weighted by Crippen LogP contribution is -2.34. The summed E-state index contributed by atoms with van der Waals surface area (Å²) in [6, 6.07) is 13.4. The van der Waals surface area contributed by atoms with Gasteiger partial charge in [0.05, 0.1) is 20.8 Å². The summed E-state index contributed by atoms with van der Waals surface area (Å²) in [6.07, 6.45) is 2.12. The molecule has 29 heavy (non-hydrogen) atoms. The van der Waals surface area contributed by atoms with E-state index in [-0.39, 0.29) is 18.3 Å². The maximum Gasteiger partial charge on any atom is 0.317 e. The lowest BCUT2D eigenvalue weighted by Gasteiger charge is -2.30. The van der Waals surface area contributed by atoms with E-state index in [0.29, 0.717) is 17.9 Å². The van der Waals surface area contributed by atoms with Crippen molar-refractivity contribution >= 4 is 17.3 Å². The number of carbonyl (C=O) groups is 2. The molecule has 1 aliphatic carbocycles. The molecular weight excluding hydrogens is 368 g/mol. The van der Waals surface area contributed by atoms with Crippen LogP contribution in [-0.2, 0) is 14.3 Å². The lowest BCUT2D eigenvalue weighted by molar-refractivity contribution is -0.151. The van der Waals surface area contributed by atoms with Gasteiger partial charge in [-0.15, -0.1) is 0 Å². The Labute approximate surface area is 171 Å². The minimum atomic E-state index is -0.833. The first-order valence-electron chi connectivity index (χ1n) is 9.69. The van der Waals surface area contributed by atoms with E-state index in [9.17, 15) is 9.59 Å². The molecule has 0 unspecified atom stereocenters. The van der Waals surface area contributed by atoms with Crippen molar-refractivity contribution in [3.63, 3.8) is 0 Å². The zero-order valence-electron chi connectivity index (χ0n) is 17.2. The Bertz CT molecular complexity index is 944. The predicted octanol–water partition coefficient (Wildman–Crippen LogP) is 4.33. The highest BCUT2D eigenvalue weighted by atomic mass is 16.5. The van der Waals surface area contributed by atoms with E-state index in [1.54, 1.807) is 27.2 Å². The van der Waals surface area contributed by atoms with Gasteiger partial charge in [-0.25, -0.2) is 0 Å². The monoisotopic (exact) mass is 394 g/mol. The molecule has 5 nitrogen and oxygen atoms in total. The van der Waals surface area contributed by atoms with Crippen molar-refractivity contribution in [1.82, 2.24) is 0 Å². The van der Waals surface area contributed by atoms with Gasteiger partial charge in [0.15, 0.2) is 17.3 Å². The van der Waals surface area contributed by atoms with Crippen molar-refractivity contribution in [2.75, 3.05) is 20.8 Å². The normalized spacial score (nSPS) is 18.8. The highest BCUT2D eigenvalue weighted by Gasteiger charge is 2.40. The van der Waals surface area contributed by atoms with Crippen molar-refractivity contribution in [3.8, 4) is 11.5 Å². The molecule has 0 fully saturated rings. The standard InChI is InChI=1S/C24H26O5/c1-5-29-24(26)23-19(18-9-7-6-8-15(18)2)12-17(13-20(23)25)16-10-11-21(27-3)22(14-16)28-4/h6-11,13-14,19,23H,5,12H2,1-4H3/t19-,23-/m1/s1. The average Bonchev–Trinajstić information content (AvgIpc) is 2.73. The maximum absolute atomic E-state index is 13.0. The van der Waals surface area contributed by atoms with E-state index in [1.165, 1.54) is 0 Å². The molecule has 0 N–H and O–H groups in total. The summed E-state index contributed by atoms with van der Waals surface area (Å²) in [5.41, 5.74) is 3.78. The molecule has 0 spiro atoms. The van der Waals surface area contributed by atoms with Gasteiger partial charge in [-0.2, -0.15) is 0 Å². The summed E-state index contributed by atoms with van der Waals surface area (Å²) in [7, 11) is 3.16. The summed E-state index contributed by atoms with van der Waals surface area (Å²) in [6.45, 7) is 3.99. The quantitative estimate of drug-likeness (QED) is 0.539. The number of ether oxygens (including phenoxy) is 3. The highest BCUT2D eigenvalue weighted by molar-refractivity contribution is 6.10. The van der Waals surface area contributed by atoms with Gasteiger partial charge < -0.3 is 14.2 Å². The molecule has 5 heteroatoms. The Hall–Kier alpha value is -3.08. The topological polar surface area (TPSA) is 61.8 Å². The SMILES string of the molecule is CCOC(=O)[C@H]1C(=O)C=C(c2ccc(OC)c(OC)c2)C[C@@H]1c1ccccc1C. The molecule has 0 saturated carbocycles. The van der Waals surface area contributed by atoms with Crippen molar-refractivity contribution < 1.29 is 23.8 Å². The number of esters is 1. The lowest BCUT2D eigenvalue weighted by atomic mass is 9.72. The van der Waals surface area contributed by atoms with Crippen LogP contribution in [0.15, 0.2) is 48.5 Å². The molecule has 152 valence electrons. The number of allylic oxidation sites excluding steroid dienone is 2. The van der Waals surface area contributed by atoms with Crippen molar-refractivity contribution in [2.45, 2.75) is 26.2 Å². The molecule has 0 amide bonds. The third-order valence-electron chi connectivity index (χ3n) is 5.35. The summed E-state index contributed by atoms with van der Waals surface area (Å²) < 4.78 is 15.9. The Morgan fingerprint density at radius 1 is 1.07 bits per heavy atom. The van der Waals surface area contributed by atoms with Crippen LogP contribution in [0, 0.1) is 12.8 Å². The summed E-state index contributed by atoms with van der Waals surface area (Å²) in [4.78, 5) is 25.7. The first-order valence-corrected chi connectivity index (χ1v) is 9.69. The summed E-state index contributed by atoms with van der Waals surface area (Å²) in [5.74, 6) is -0.589. The largest absolute Gasteiger partial charge is 0.493 e. The van der Waals surface area contributed by atoms with Crippen LogP contribution in [0.25, 0.3) is 5.57 Å². The van der Waals surface area contributed by atoms with Gasteiger partial charge in [0.2, 0.25) is 0 Å². The fourth-order valence-corrected chi connectivity index (χ4v) is 3.92. The smallest absolute Gasteiger partial charge is 0.317 e. The number of aryl methyl sites for hydroxylation is 1. The molecule has 2 atom stereocenters. The third kappa shape index (κ3) is 4.19. The van der Waals surface area contributed by atoms with Gasteiger partial charge in [0.25, 0.3) is 0 Å². The van der Waals surface area contributed by atoms with Crippen molar-refractivity contribution in [3.05, 3.63) is 65.2 Å². The van der Waals surface area contributed by atoms with E-state index < -0.39 is 11.9 Å². The first-order chi connectivity index (χ1) is 14.0. The second-order valence-corrected chi connectivity index (χ2v) is 7.04.